The van der Waals surface area contributed by atoms with Crippen LogP contribution in [0.4, 0.5) is 18.0 Å². The molecule has 1 aromatic carbocycles. The van der Waals surface area contributed by atoms with E-state index in [-0.39, 0.29) is 86.4 Å². The summed E-state index contributed by atoms with van der Waals surface area (Å²) in [6.45, 7) is 12.0. The lowest BCUT2D eigenvalue weighted by molar-refractivity contribution is -0.139. The van der Waals surface area contributed by atoms with Gasteiger partial charge in [-0.25, -0.2) is 18.2 Å². The molecule has 412 valence electrons. The van der Waals surface area contributed by atoms with Crippen LogP contribution in [0, 0.1) is 11.3 Å². The molecule has 3 saturated heterocycles. The van der Waals surface area contributed by atoms with Crippen LogP contribution < -0.4 is 10.4 Å². The Hall–Kier alpha value is -5.24. The number of carbonyl (C=O) groups excluding carboxylic acids is 4. The molecule has 24 heteroatoms. The van der Waals surface area contributed by atoms with Gasteiger partial charge in [0.15, 0.2) is 25.8 Å². The highest BCUT2D eigenvalue weighted by molar-refractivity contribution is 7.92. The first kappa shape index (κ1) is 56.9. The van der Waals surface area contributed by atoms with E-state index in [9.17, 15) is 45.9 Å². The van der Waals surface area contributed by atoms with Crippen LogP contribution in [0.25, 0.3) is 33.4 Å². The molecule has 0 saturated carbocycles. The molecule has 4 aliphatic heterocycles. The maximum atomic E-state index is 14.8. The van der Waals surface area contributed by atoms with Crippen molar-refractivity contribution in [3.05, 3.63) is 70.8 Å². The lowest BCUT2D eigenvalue weighted by Crippen LogP contribution is -2.63. The molecule has 5 amide bonds. The van der Waals surface area contributed by atoms with Gasteiger partial charge in [-0.1, -0.05) is 40.3 Å². The number of pyridine rings is 1. The summed E-state index contributed by atoms with van der Waals surface area (Å²) in [5.74, 6) is -2.06. The number of aliphatic hydroxyl groups excluding tert-OH is 1. The second-order valence-corrected chi connectivity index (χ2v) is 26.2. The molecule has 76 heavy (non-hydrogen) atoms. The smallest absolute Gasteiger partial charge is 0.375 e. The van der Waals surface area contributed by atoms with Crippen molar-refractivity contribution in [2.75, 3.05) is 59.2 Å². The average molecular weight is 1110 g/mol. The van der Waals surface area contributed by atoms with Gasteiger partial charge in [-0.3, -0.25) is 29.5 Å². The maximum Gasteiger partial charge on any atom is 0.406 e. The Morgan fingerprint density at radius 2 is 1.87 bits per heavy atom. The number of likely N-dealkylation sites (N-methyl/N-ethyl adjacent to an activating group) is 1. The third kappa shape index (κ3) is 11.9. The molecule has 6 bridgehead atoms. The van der Waals surface area contributed by atoms with Crippen LogP contribution in [0.2, 0.25) is 5.54 Å². The third-order valence-electron chi connectivity index (χ3n) is 15.2. The number of nitrogens with one attached hydrogen (secondary N) is 2. The number of piperidine rings is 1. The minimum atomic E-state index is -4.60. The fraction of sp³-hybridized carbons (Fsp3) is 0.577. The van der Waals surface area contributed by atoms with E-state index in [0.717, 1.165) is 6.08 Å². The Labute approximate surface area is 448 Å². The largest absolute Gasteiger partial charge is 0.406 e. The molecule has 8 rings (SSSR count). The van der Waals surface area contributed by atoms with Gasteiger partial charge in [-0.15, -0.1) is 11.3 Å². The standard InChI is InChI=1S/C52H68F3N9O9S2Si/c1-9-42(65)62-22-23-75(70,71)51(28-62)16-20-61(21-17-51)49(69)60(7)44(31(2)3)46(66)58-37-25-41-57-38(27-74-41)33-14-15-39-35(24-33)36(26-50(5,6)30-73-48(68)40-13-11-19-64(47(37)67)59-76-40)45(63(39)29-52(53,54)55)34-12-10-18-56-43(34)32(4)72-8/h9-10,12,14-15,18,24,27,31-32,37,40,44,48,59,68H,1,11,13,16-17,19-23,25-26,28-30H2,2-8H3,(H,58,66)/t32-,37-,40-,44-,48?/m0/s1. The lowest BCUT2D eigenvalue weighted by Gasteiger charge is -2.47. The van der Waals surface area contributed by atoms with Crippen molar-refractivity contribution in [3.63, 3.8) is 0 Å². The predicted molar refractivity (Wildman–Crippen MR) is 282 cm³/mol. The van der Waals surface area contributed by atoms with E-state index in [1.807, 2.05) is 19.9 Å². The maximum absolute atomic E-state index is 14.8. The zero-order chi connectivity index (χ0) is 55.1. The van der Waals surface area contributed by atoms with Gasteiger partial charge in [0.05, 0.1) is 45.3 Å². The second-order valence-electron chi connectivity index (χ2n) is 21.5. The second kappa shape index (κ2) is 22.6. The Bertz CT molecular complexity index is 2940. The highest BCUT2D eigenvalue weighted by atomic mass is 32.2. The molecule has 2 radical (unpaired) electrons. The Balaban J connectivity index is 1.13. The number of amides is 5. The fourth-order valence-corrected chi connectivity index (χ4v) is 15.1. The van der Waals surface area contributed by atoms with Crippen molar-refractivity contribution in [3.8, 4) is 22.5 Å². The first-order valence-corrected chi connectivity index (χ1v) is 29.2. The number of hydrogen-bond donors (Lipinski definition) is 3. The SMILES string of the molecule is C=CC(=O)N1CCS(=O)(=O)C2(CCN(C(=O)N(C)[C@H](C(=O)N[C@H]3Cc4nc(cs4)-c4ccc5c(c4)c(c(-c4cccnc4[C@H](C)OC)n5CC(F)(F)F)CC(C)(C)COC(O)[C@@H]4CCCN(N[Si]4)C3=O)C(C)C)CC2)C1. The molecular formula is C52H68F3N9O9S2Si. The van der Waals surface area contributed by atoms with E-state index in [1.165, 1.54) is 49.8 Å². The molecule has 7 heterocycles. The van der Waals surface area contributed by atoms with E-state index < -0.39 is 86.5 Å². The highest BCUT2D eigenvalue weighted by Crippen LogP contribution is 2.44. The summed E-state index contributed by atoms with van der Waals surface area (Å²) in [6.07, 6.45) is -2.32. The number of sulfone groups is 1. The minimum absolute atomic E-state index is 0.00401. The van der Waals surface area contributed by atoms with Crippen LogP contribution >= 0.6 is 11.3 Å². The summed E-state index contributed by atoms with van der Waals surface area (Å²) >= 11 is 1.26. The highest BCUT2D eigenvalue weighted by Gasteiger charge is 2.51. The number of nitrogens with zero attached hydrogens (tertiary/aromatic N) is 7. The molecule has 5 atom stereocenters. The van der Waals surface area contributed by atoms with Crippen LogP contribution in [0.15, 0.2) is 54.6 Å². The number of alkyl halides is 3. The number of aliphatic hydroxyl groups is 1. The molecule has 1 spiro atoms. The molecule has 3 N–H and O–H groups in total. The molecular weight excluding hydrogens is 1040 g/mol. The molecule has 1 unspecified atom stereocenters. The fourth-order valence-electron chi connectivity index (χ4n) is 11.1. The van der Waals surface area contributed by atoms with E-state index >= 15 is 0 Å². The molecule has 3 aromatic heterocycles. The molecule has 3 fully saturated rings. The van der Waals surface area contributed by atoms with Gasteiger partial charge in [0.1, 0.15) is 18.6 Å². The Morgan fingerprint density at radius 1 is 1.13 bits per heavy atom. The normalized spacial score (nSPS) is 22.9. The van der Waals surface area contributed by atoms with Gasteiger partial charge < -0.3 is 39.2 Å². The van der Waals surface area contributed by atoms with Gasteiger partial charge >= 0.3 is 12.2 Å². The number of methoxy groups -OCH3 is 1. The number of fused-ring (bicyclic) bond motifs is 7. The van der Waals surface area contributed by atoms with Gasteiger partial charge in [0.25, 0.3) is 5.91 Å². The molecule has 0 aliphatic carbocycles. The van der Waals surface area contributed by atoms with Gasteiger partial charge in [0, 0.05) is 92.4 Å². The van der Waals surface area contributed by atoms with Crippen molar-refractivity contribution in [2.45, 2.75) is 121 Å². The summed E-state index contributed by atoms with van der Waals surface area (Å²) in [7, 11) is -0.760. The summed E-state index contributed by atoms with van der Waals surface area (Å²) in [5, 5.41) is 22.1. The number of rotatable bonds is 9. The topological polar surface area (TPSA) is 209 Å². The Morgan fingerprint density at radius 3 is 2.55 bits per heavy atom. The van der Waals surface area contributed by atoms with E-state index in [1.54, 1.807) is 56.6 Å². The van der Waals surface area contributed by atoms with E-state index in [0.29, 0.717) is 62.5 Å². The Kier molecular flexibility index (Phi) is 16.9. The number of carbonyl (C=O) groups is 4. The van der Waals surface area contributed by atoms with E-state index in [2.05, 4.69) is 22.0 Å². The van der Waals surface area contributed by atoms with Crippen LogP contribution in [0.5, 0.6) is 0 Å². The molecule has 4 aliphatic rings. The third-order valence-corrected chi connectivity index (χ3v) is 20.0. The predicted octanol–water partition coefficient (Wildman–Crippen LogP) is 5.93. The monoisotopic (exact) mass is 1110 g/mol. The number of urea groups is 1. The van der Waals surface area contributed by atoms with Crippen molar-refractivity contribution < 1.29 is 55.3 Å². The number of thiazole rings is 1. The number of hydrogen-bond acceptors (Lipinski definition) is 13. The number of aromatic nitrogens is 3. The average Bonchev–Trinajstić information content (AvgIpc) is 3.86. The van der Waals surface area contributed by atoms with Crippen LogP contribution in [-0.2, 0) is 53.1 Å². The van der Waals surface area contributed by atoms with Crippen LogP contribution in [0.3, 0.4) is 0 Å². The summed E-state index contributed by atoms with van der Waals surface area (Å²) < 4.78 is 83.2. The molecule has 4 aromatic rings. The first-order chi connectivity index (χ1) is 35.9. The lowest BCUT2D eigenvalue weighted by atomic mass is 9.84. The van der Waals surface area contributed by atoms with Crippen molar-refractivity contribution in [1.82, 2.24) is 44.7 Å². The summed E-state index contributed by atoms with van der Waals surface area (Å²) in [4.78, 5) is 70.2. The van der Waals surface area contributed by atoms with Gasteiger partial charge in [-0.2, -0.15) is 13.2 Å². The number of ether oxygens (including phenoxy) is 2. The zero-order valence-electron chi connectivity index (χ0n) is 44.0. The summed E-state index contributed by atoms with van der Waals surface area (Å²) in [6, 6.07) is 5.88. The summed E-state index contributed by atoms with van der Waals surface area (Å²) in [5.41, 5.74) is 2.17. The van der Waals surface area contributed by atoms with Crippen molar-refractivity contribution in [2.24, 2.45) is 11.3 Å². The number of benzene rings is 1. The van der Waals surface area contributed by atoms with Crippen LogP contribution in [0.1, 0.15) is 82.7 Å². The minimum Gasteiger partial charge on any atom is -0.375 e. The quantitative estimate of drug-likeness (QED) is 0.132. The number of likely N-dealkylation sites (tertiary alicyclic amines) is 1. The van der Waals surface area contributed by atoms with Crippen molar-refractivity contribution >= 4 is 65.5 Å². The van der Waals surface area contributed by atoms with Gasteiger partial charge in [0.2, 0.25) is 11.8 Å². The van der Waals surface area contributed by atoms with Gasteiger partial charge in [-0.05, 0) is 86.3 Å². The number of hydrazine groups is 1. The number of halogens is 3. The van der Waals surface area contributed by atoms with Crippen molar-refractivity contribution in [1.29, 1.82) is 0 Å². The van der Waals surface area contributed by atoms with Crippen LogP contribution in [-0.4, -0.2) is 170 Å². The van der Waals surface area contributed by atoms with E-state index in [4.69, 9.17) is 14.5 Å². The zero-order valence-corrected chi connectivity index (χ0v) is 46.6. The first-order valence-electron chi connectivity index (χ1n) is 25.6. The molecule has 18 nitrogen and oxygen atoms in total.